The Morgan fingerprint density at radius 3 is 1.56 bits per heavy atom. The molecule has 228 valence electrons. The van der Waals surface area contributed by atoms with Crippen LogP contribution in [0.5, 0.6) is 0 Å². The number of halogens is 7. The van der Waals surface area contributed by atoms with Crippen LogP contribution >= 0.6 is 94.2 Å². The summed E-state index contributed by atoms with van der Waals surface area (Å²) in [5.41, 5.74) is 6.02. The SMILES string of the molecule is ClCCl.NS(=O)(=O)c1ccc(NC(=O)CBr)c(Cl)c1.Nc1ccc(S(N)(=O)=O)cc1Cl.O=C(Br)CBr.O=CO[O-].[Na+]. The predicted octanol–water partition coefficient (Wildman–Crippen LogP) is 0.0534. The van der Waals surface area contributed by atoms with Crippen molar-refractivity contribution in [3.63, 3.8) is 0 Å². The molecule has 0 aliphatic heterocycles. The summed E-state index contributed by atoms with van der Waals surface area (Å²) >= 11 is 29.5. The Kier molecular flexibility index (Phi) is 31.3. The van der Waals surface area contributed by atoms with Crippen LogP contribution in [0.25, 0.3) is 0 Å². The largest absolute Gasteiger partial charge is 1.00 e. The molecule has 0 saturated heterocycles. The van der Waals surface area contributed by atoms with Crippen molar-refractivity contribution < 1.29 is 70.9 Å². The van der Waals surface area contributed by atoms with Gasteiger partial charge in [-0.3, -0.25) is 14.4 Å². The number of rotatable bonds is 6. The first kappa shape index (κ1) is 48.1. The quantitative estimate of drug-likeness (QED) is 0.0578. The van der Waals surface area contributed by atoms with Gasteiger partial charge >= 0.3 is 29.6 Å². The van der Waals surface area contributed by atoms with Gasteiger partial charge in [0.1, 0.15) is 0 Å². The molecule has 0 saturated carbocycles. The number of carbonyl (C=O) groups excluding carboxylic acids is 3. The van der Waals surface area contributed by atoms with Crippen molar-refractivity contribution in [2.24, 2.45) is 10.3 Å². The van der Waals surface area contributed by atoms with Gasteiger partial charge < -0.3 is 21.2 Å². The Hall–Kier alpha value is 0.230. The number of carbonyl (C=O) groups is 3. The Morgan fingerprint density at radius 2 is 1.29 bits per heavy atom. The molecule has 0 fully saturated rings. The minimum atomic E-state index is -3.78. The Morgan fingerprint density at radius 1 is 0.927 bits per heavy atom. The zero-order chi connectivity index (χ0) is 32.1. The zero-order valence-electron chi connectivity index (χ0n) is 20.5. The number of benzene rings is 2. The van der Waals surface area contributed by atoms with Crippen molar-refractivity contribution in [3.05, 3.63) is 46.4 Å². The molecule has 41 heavy (non-hydrogen) atoms. The van der Waals surface area contributed by atoms with Gasteiger partial charge in [0, 0.05) is 0 Å². The van der Waals surface area contributed by atoms with E-state index >= 15 is 0 Å². The topological polar surface area (TPSA) is 242 Å². The van der Waals surface area contributed by atoms with Crippen LogP contribution in [-0.2, 0) is 39.3 Å². The number of nitrogens with one attached hydrogen (secondary N) is 1. The second kappa shape index (κ2) is 26.6. The van der Waals surface area contributed by atoms with Crippen LogP contribution in [-0.4, -0.2) is 49.9 Å². The molecule has 13 nitrogen and oxygen atoms in total. The fourth-order valence-corrected chi connectivity index (χ4v) is 3.40. The van der Waals surface area contributed by atoms with Gasteiger partial charge in [-0.25, -0.2) is 27.1 Å². The van der Waals surface area contributed by atoms with E-state index in [1.54, 1.807) is 0 Å². The minimum Gasteiger partial charge on any atom is -0.662 e. The third-order valence-corrected chi connectivity index (χ3v) is 7.62. The molecule has 0 spiro atoms. The Bertz CT molecular complexity index is 1320. The van der Waals surface area contributed by atoms with E-state index < -0.39 is 20.0 Å². The summed E-state index contributed by atoms with van der Waals surface area (Å²) in [4.78, 5) is 31.8. The van der Waals surface area contributed by atoms with Crippen LogP contribution in [0.3, 0.4) is 0 Å². The van der Waals surface area contributed by atoms with Gasteiger partial charge in [0.2, 0.25) is 30.6 Å². The molecule has 0 atom stereocenters. The fraction of sp³-hybridized carbons (Fsp3) is 0.167. The monoisotopic (exact) mass is 900 g/mol. The maximum absolute atomic E-state index is 11.1. The molecule has 0 bridgehead atoms. The molecule has 0 aliphatic carbocycles. The molecule has 2 aromatic rings. The summed E-state index contributed by atoms with van der Waals surface area (Å²) < 4.78 is 43.5. The molecule has 1 amide bonds. The van der Waals surface area contributed by atoms with Gasteiger partial charge in [-0.15, -0.1) is 23.2 Å². The number of nitrogens with two attached hydrogens (primary N) is 3. The van der Waals surface area contributed by atoms with Gasteiger partial charge in [-0.05, 0) is 52.3 Å². The van der Waals surface area contributed by atoms with E-state index in [4.69, 9.17) is 72.5 Å². The van der Waals surface area contributed by atoms with Gasteiger partial charge in [0.25, 0.3) is 6.47 Å². The first-order chi connectivity index (χ1) is 18.3. The number of nitrogen functional groups attached to an aromatic ring is 1. The minimum absolute atomic E-state index is 0. The molecule has 0 aliphatic rings. The predicted molar refractivity (Wildman–Crippen MR) is 164 cm³/mol. The number of hydrogen-bond donors (Lipinski definition) is 4. The van der Waals surface area contributed by atoms with E-state index in [1.165, 1.54) is 36.4 Å². The summed E-state index contributed by atoms with van der Waals surface area (Å²) in [6, 6.07) is 7.74. The molecule has 2 rings (SSSR count). The number of primary sulfonamides is 2. The second-order valence-corrected chi connectivity index (χ2v) is 12.6. The fourth-order valence-electron chi connectivity index (χ4n) is 1.64. The summed E-state index contributed by atoms with van der Waals surface area (Å²) in [6.07, 6.45) is 0. The molecule has 0 aromatic heterocycles. The van der Waals surface area contributed by atoms with Gasteiger partial charge in [-0.1, -0.05) is 55.1 Å². The Labute approximate surface area is 303 Å². The summed E-state index contributed by atoms with van der Waals surface area (Å²) in [6.45, 7) is -0.181. The van der Waals surface area contributed by atoms with Crippen LogP contribution in [0.15, 0.2) is 46.2 Å². The van der Waals surface area contributed by atoms with Crippen LogP contribution in [0.1, 0.15) is 0 Å². The van der Waals surface area contributed by atoms with Crippen molar-refractivity contribution in [3.8, 4) is 0 Å². The second-order valence-electron chi connectivity index (χ2n) is 5.88. The van der Waals surface area contributed by atoms with E-state index in [2.05, 4.69) is 58.0 Å². The van der Waals surface area contributed by atoms with E-state index in [0.717, 1.165) is 0 Å². The van der Waals surface area contributed by atoms with Crippen molar-refractivity contribution in [1.82, 2.24) is 0 Å². The van der Waals surface area contributed by atoms with Crippen LogP contribution in [0.4, 0.5) is 11.4 Å². The molecular weight excluding hydrogens is 885 g/mol. The van der Waals surface area contributed by atoms with Crippen molar-refractivity contribution >= 4 is 143 Å². The molecule has 2 aromatic carbocycles. The summed E-state index contributed by atoms with van der Waals surface area (Å²) in [7, 11) is -7.46. The normalized spacial score (nSPS) is 9.61. The maximum atomic E-state index is 11.1. The molecule has 0 heterocycles. The van der Waals surface area contributed by atoms with E-state index in [-0.39, 0.29) is 77.1 Å². The van der Waals surface area contributed by atoms with Crippen molar-refractivity contribution in [2.45, 2.75) is 9.79 Å². The van der Waals surface area contributed by atoms with Gasteiger partial charge in [0.05, 0.1) is 47.2 Å². The third kappa shape index (κ3) is 26.4. The van der Waals surface area contributed by atoms with Crippen LogP contribution in [0.2, 0.25) is 10.0 Å². The number of alkyl halides is 4. The standard InChI is InChI=1S/C8H8BrClN2O3S.C6H7ClN2O2S.C2H2Br2O.CH2Cl2.CH2O3.Na/c9-4-8(13)12-7-2-1-5(3-6(7)10)16(11,14)15;7-5-3-4(12(9,10)11)1-2-6(5)8;3-1-2(4)5;2-1-3;2-1-4-3;/h1-3H,4H2,(H,12,13)(H2,11,14,15);1-3H,8H2,(H2,9,10,11);1H2;1H2;1,3H;/q;;;;;+1/p-1. The van der Waals surface area contributed by atoms with Crippen molar-refractivity contribution in [1.29, 1.82) is 0 Å². The zero-order valence-corrected chi connectivity index (χ0v) is 31.9. The van der Waals surface area contributed by atoms with E-state index in [1.807, 2.05) is 0 Å². The number of hydrogen-bond acceptors (Lipinski definition) is 10. The summed E-state index contributed by atoms with van der Waals surface area (Å²) in [5.74, 6) is -0.287. The average Bonchev–Trinajstić information content (AvgIpc) is 2.86. The maximum Gasteiger partial charge on any atom is 1.00 e. The molecular formula is C18H20Br3Cl4N4NaO9S2. The molecule has 7 N–H and O–H groups in total. The third-order valence-electron chi connectivity index (χ3n) is 3.11. The summed E-state index contributed by atoms with van der Waals surface area (Å²) in [5, 5.41) is 21.7. The average molecular weight is 905 g/mol. The van der Waals surface area contributed by atoms with Gasteiger partial charge in [-0.2, -0.15) is 0 Å². The number of anilines is 2. The number of amides is 1. The van der Waals surface area contributed by atoms with Gasteiger partial charge in [0.15, 0.2) is 0 Å². The Balaban J connectivity index is -0.000000240. The smallest absolute Gasteiger partial charge is 0.662 e. The van der Waals surface area contributed by atoms with E-state index in [9.17, 15) is 26.4 Å². The van der Waals surface area contributed by atoms with Crippen LogP contribution in [0, 0.1) is 0 Å². The first-order valence-electron chi connectivity index (χ1n) is 9.20. The van der Waals surface area contributed by atoms with Crippen LogP contribution < -0.4 is 56.1 Å². The molecule has 23 heteroatoms. The number of sulfonamides is 2. The molecule has 0 radical (unpaired) electrons. The van der Waals surface area contributed by atoms with Crippen molar-refractivity contribution in [2.75, 3.05) is 27.0 Å². The molecule has 0 unspecified atom stereocenters. The first-order valence-corrected chi connectivity index (χ1v) is 17.2. The van der Waals surface area contributed by atoms with E-state index in [0.29, 0.717) is 16.7 Å².